The fourth-order valence-electron chi connectivity index (χ4n) is 13.0. The van der Waals surface area contributed by atoms with Crippen molar-refractivity contribution in [1.82, 2.24) is 4.90 Å². The minimum Gasteiger partial charge on any atom is -0.497 e. The Hall–Kier alpha value is -5.00. The maximum Gasteiger partial charge on any atom is 0.413 e. The molecular formula is C54H71NO15. The monoisotopic (exact) mass is 973 g/mol. The van der Waals surface area contributed by atoms with E-state index in [1.807, 2.05) is 34.6 Å². The third-order valence-corrected chi connectivity index (χ3v) is 15.8. The summed E-state index contributed by atoms with van der Waals surface area (Å²) in [7, 11) is 3.03. The van der Waals surface area contributed by atoms with Gasteiger partial charge in [0.25, 0.3) is 0 Å². The number of carbonyl (C=O) groups excluding carboxylic acids is 4. The van der Waals surface area contributed by atoms with Crippen LogP contribution in [0.4, 0.5) is 4.79 Å². The normalized spacial score (nSPS) is 35.6. The van der Waals surface area contributed by atoms with Gasteiger partial charge in [0.05, 0.1) is 61.6 Å². The van der Waals surface area contributed by atoms with E-state index in [1.165, 1.54) is 26.0 Å². The fourth-order valence-corrected chi connectivity index (χ4v) is 13.0. The molecule has 8 rings (SSSR count). The van der Waals surface area contributed by atoms with Crippen molar-refractivity contribution in [2.45, 2.75) is 167 Å². The number of hydrogen-bond donors (Lipinski definition) is 1. The zero-order valence-corrected chi connectivity index (χ0v) is 42.8. The molecule has 3 aliphatic carbocycles. The van der Waals surface area contributed by atoms with Crippen LogP contribution in [0, 0.1) is 28.6 Å². The van der Waals surface area contributed by atoms with Gasteiger partial charge in [-0.15, -0.1) is 0 Å². The van der Waals surface area contributed by atoms with Crippen LogP contribution in [0.25, 0.3) is 0 Å². The van der Waals surface area contributed by atoms with Crippen LogP contribution in [0.5, 0.6) is 11.5 Å². The first-order chi connectivity index (χ1) is 32.9. The van der Waals surface area contributed by atoms with Crippen LogP contribution in [-0.4, -0.2) is 121 Å². The quantitative estimate of drug-likeness (QED) is 0.122. The summed E-state index contributed by atoms with van der Waals surface area (Å²) < 4.78 is 64.0. The lowest BCUT2D eigenvalue weighted by molar-refractivity contribution is -0.391. The van der Waals surface area contributed by atoms with E-state index >= 15 is 4.79 Å². The molecule has 2 aromatic carbocycles. The minimum atomic E-state index is -1.72. The van der Waals surface area contributed by atoms with E-state index in [4.69, 9.17) is 47.4 Å². The van der Waals surface area contributed by atoms with Crippen molar-refractivity contribution in [1.29, 1.82) is 0 Å². The number of carbonyl (C=O) groups is 4. The molecule has 0 bridgehead atoms. The number of nitrogens with zero attached hydrogens (tertiary/aromatic N) is 1. The molecule has 3 heterocycles. The topological polar surface area (TPSA) is 184 Å². The van der Waals surface area contributed by atoms with Gasteiger partial charge >= 0.3 is 24.0 Å². The lowest BCUT2D eigenvalue weighted by atomic mass is 9.49. The molecule has 3 unspecified atom stereocenters. The number of fused-ring (bicyclic) bond motifs is 3. The summed E-state index contributed by atoms with van der Waals surface area (Å²) >= 11 is 0. The van der Waals surface area contributed by atoms with E-state index in [9.17, 15) is 19.5 Å². The second-order valence-electron chi connectivity index (χ2n) is 22.1. The van der Waals surface area contributed by atoms with E-state index in [1.54, 1.807) is 89.2 Å². The van der Waals surface area contributed by atoms with E-state index in [-0.39, 0.29) is 24.5 Å². The van der Waals surface area contributed by atoms with Crippen LogP contribution in [0.1, 0.15) is 118 Å². The molecule has 382 valence electrons. The highest BCUT2D eigenvalue weighted by Crippen LogP contribution is 2.71. The summed E-state index contributed by atoms with van der Waals surface area (Å²) in [6.07, 6.45) is -6.05. The number of benzene rings is 2. The predicted octanol–water partition coefficient (Wildman–Crippen LogP) is 8.04. The Bertz CT molecular complexity index is 2390. The molecule has 6 aliphatic rings. The molecule has 3 saturated heterocycles. The van der Waals surface area contributed by atoms with Gasteiger partial charge in [-0.2, -0.15) is 0 Å². The summed E-state index contributed by atoms with van der Waals surface area (Å²) in [5.41, 5.74) is -4.53. The van der Waals surface area contributed by atoms with Gasteiger partial charge in [-0.1, -0.05) is 52.5 Å². The first-order valence-electron chi connectivity index (χ1n) is 24.4. The Balaban J connectivity index is 1.28. The molecule has 2 saturated carbocycles. The Morgan fingerprint density at radius 2 is 1.67 bits per heavy atom. The average molecular weight is 974 g/mol. The Morgan fingerprint density at radius 1 is 0.971 bits per heavy atom. The molecule has 1 amide bonds. The van der Waals surface area contributed by atoms with Crippen molar-refractivity contribution in [2.24, 2.45) is 28.6 Å². The van der Waals surface area contributed by atoms with Crippen LogP contribution >= 0.6 is 0 Å². The van der Waals surface area contributed by atoms with Crippen molar-refractivity contribution in [3.05, 3.63) is 83.5 Å². The van der Waals surface area contributed by atoms with Crippen LogP contribution in [0.2, 0.25) is 0 Å². The molecule has 70 heavy (non-hydrogen) atoms. The summed E-state index contributed by atoms with van der Waals surface area (Å²) in [5.74, 6) is -2.59. The Labute approximate surface area is 411 Å². The van der Waals surface area contributed by atoms with Crippen molar-refractivity contribution >= 4 is 24.0 Å². The number of ether oxygens (including phenoxy) is 10. The van der Waals surface area contributed by atoms with Crippen molar-refractivity contribution < 1.29 is 71.7 Å². The molecule has 16 nitrogen and oxygen atoms in total. The van der Waals surface area contributed by atoms with Crippen LogP contribution < -0.4 is 9.47 Å². The minimum absolute atomic E-state index is 0.0153. The number of hydrogen-bond acceptors (Lipinski definition) is 15. The molecule has 2 aromatic rings. The highest BCUT2D eigenvalue weighted by Gasteiger charge is 2.80. The fraction of sp³-hybridized carbons (Fsp3) is 0.630. The van der Waals surface area contributed by atoms with Crippen LogP contribution in [-0.2, 0) is 47.5 Å². The smallest absolute Gasteiger partial charge is 0.413 e. The number of amides is 1. The maximum atomic E-state index is 15.3. The van der Waals surface area contributed by atoms with E-state index in [0.717, 1.165) is 0 Å². The average Bonchev–Trinajstić information content (AvgIpc) is 3.78. The zero-order valence-electron chi connectivity index (χ0n) is 42.8. The number of aliphatic hydroxyl groups is 1. The summed E-state index contributed by atoms with van der Waals surface area (Å²) in [6.45, 7) is 23.8. The summed E-state index contributed by atoms with van der Waals surface area (Å²) in [5, 5.41) is 13.1. The Morgan fingerprint density at radius 3 is 2.24 bits per heavy atom. The van der Waals surface area contributed by atoms with E-state index in [2.05, 4.69) is 6.58 Å². The van der Waals surface area contributed by atoms with Gasteiger partial charge in [-0.3, -0.25) is 9.69 Å². The molecular weight excluding hydrogens is 903 g/mol. The maximum absolute atomic E-state index is 15.3. The molecule has 1 N–H and O–H groups in total. The van der Waals surface area contributed by atoms with Gasteiger partial charge in [-0.25, -0.2) is 14.4 Å². The summed E-state index contributed by atoms with van der Waals surface area (Å²) in [4.78, 5) is 59.3. The van der Waals surface area contributed by atoms with Gasteiger partial charge in [0.1, 0.15) is 35.4 Å². The first kappa shape index (κ1) is 51.4. The zero-order chi connectivity index (χ0) is 51.0. The van der Waals surface area contributed by atoms with E-state index in [0.29, 0.717) is 41.1 Å². The van der Waals surface area contributed by atoms with Crippen molar-refractivity contribution in [3.8, 4) is 11.5 Å². The lowest BCUT2D eigenvalue weighted by Crippen LogP contribution is -2.80. The van der Waals surface area contributed by atoms with Gasteiger partial charge < -0.3 is 52.5 Å². The molecule has 16 heteroatoms. The molecule has 0 radical (unpaired) electrons. The van der Waals surface area contributed by atoms with Crippen LogP contribution in [0.15, 0.2) is 72.3 Å². The predicted molar refractivity (Wildman–Crippen MR) is 253 cm³/mol. The molecule has 0 aromatic heterocycles. The third-order valence-electron chi connectivity index (χ3n) is 15.8. The van der Waals surface area contributed by atoms with E-state index < -0.39 is 119 Å². The standard InChI is InChI=1S/C54H71NO15/c1-15-40-65-38-25-39-54(27-63-39,69-31(6)56)43-45(68-47(57)32-19-17-16-18-20-32)53(51(10,11)60)26-37(29(4)41(53)30(5)44(66-40)52(38,43)12)64-48(58)42-35(23-28(2)3)55(49(59)70-50(7,8)9)46(67-42)34-22-21-33(61-13)24-36(34)62-14/h15-22,24,28,30,35,37-40,42-46,60H,1,23,25-27H2,2-14H3/t30-,35?,37-,38-,39+,40?,42+,43-,44-,45-,46?,52+,53-,54-/m0/s1. The number of esters is 3. The second-order valence-corrected chi connectivity index (χ2v) is 22.1. The summed E-state index contributed by atoms with van der Waals surface area (Å²) in [6, 6.07) is 12.8. The van der Waals surface area contributed by atoms with Gasteiger partial charge in [0, 0.05) is 42.7 Å². The number of rotatable bonds is 12. The van der Waals surface area contributed by atoms with Crippen molar-refractivity contribution in [3.63, 3.8) is 0 Å². The number of methoxy groups -OCH3 is 2. The molecule has 14 atom stereocenters. The highest BCUT2D eigenvalue weighted by atomic mass is 16.7. The Kier molecular flexibility index (Phi) is 13.6. The second kappa shape index (κ2) is 18.6. The first-order valence-corrected chi connectivity index (χ1v) is 24.4. The largest absolute Gasteiger partial charge is 0.497 e. The molecule has 5 fully saturated rings. The van der Waals surface area contributed by atoms with Crippen LogP contribution in [0.3, 0.4) is 0 Å². The third kappa shape index (κ3) is 8.38. The highest BCUT2D eigenvalue weighted by molar-refractivity contribution is 5.89. The van der Waals surface area contributed by atoms with Gasteiger partial charge in [-0.05, 0) is 95.4 Å². The van der Waals surface area contributed by atoms with Crippen molar-refractivity contribution in [2.75, 3.05) is 20.8 Å². The molecule has 3 aliphatic heterocycles. The van der Waals surface area contributed by atoms with Gasteiger partial charge in [0.15, 0.2) is 24.2 Å². The molecule has 0 spiro atoms. The lowest BCUT2D eigenvalue weighted by Gasteiger charge is -2.67. The van der Waals surface area contributed by atoms with Gasteiger partial charge in [0.2, 0.25) is 0 Å². The SMILES string of the molecule is C=CC1O[C@H]2C[C@H]3OC[C@@]3(OC(C)=O)[C@H]3[C@H](OC(=O)c4ccccc4)[C@]4(C(C)(C)O)C[C@H](OC(=O)[C@@H]5OC(c6ccc(OC)cc6OC)N(C(=O)OC(C)(C)C)C5CC(C)C)C(C)=C4[C@H](C)[C@H](O1)[C@]23C.